The summed E-state index contributed by atoms with van der Waals surface area (Å²) in [5.74, 6) is -0.393. The molecular weight excluding hydrogens is 296 g/mol. The number of nitrogens with zero attached hydrogens (tertiary/aromatic N) is 1. The highest BCUT2D eigenvalue weighted by atomic mass is 16.5. The van der Waals surface area contributed by atoms with Crippen molar-refractivity contribution in [2.75, 3.05) is 39.4 Å². The average Bonchev–Trinajstić information content (AvgIpc) is 2.55. The fourth-order valence-corrected chi connectivity index (χ4v) is 2.65. The highest BCUT2D eigenvalue weighted by Crippen LogP contribution is 2.15. The molecule has 1 N–H and O–H groups in total. The van der Waals surface area contributed by atoms with Crippen LogP contribution in [0.3, 0.4) is 0 Å². The Bertz CT molecular complexity index is 763. The molecule has 23 heavy (non-hydrogen) atoms. The molecule has 0 spiro atoms. The lowest BCUT2D eigenvalue weighted by Crippen LogP contribution is -2.41. The molecule has 2 heterocycles. The van der Waals surface area contributed by atoms with Gasteiger partial charge < -0.3 is 14.5 Å². The van der Waals surface area contributed by atoms with Gasteiger partial charge in [-0.3, -0.25) is 9.69 Å². The van der Waals surface area contributed by atoms with E-state index in [4.69, 9.17) is 9.15 Å². The maximum Gasteiger partial charge on any atom is 0.349 e. The predicted octanol–water partition coefficient (Wildman–Crippen LogP) is 1.16. The summed E-state index contributed by atoms with van der Waals surface area (Å²) in [4.78, 5) is 26.4. The van der Waals surface area contributed by atoms with Crippen LogP contribution in [0, 0.1) is 6.92 Å². The van der Waals surface area contributed by atoms with Crippen LogP contribution in [-0.4, -0.2) is 50.2 Å². The molecule has 1 aromatic heterocycles. The van der Waals surface area contributed by atoms with Crippen LogP contribution < -0.4 is 10.9 Å². The highest BCUT2D eigenvalue weighted by Gasteiger charge is 2.15. The second-order valence-electron chi connectivity index (χ2n) is 5.70. The molecule has 122 valence electrons. The van der Waals surface area contributed by atoms with Crippen molar-refractivity contribution >= 4 is 16.9 Å². The Hall–Kier alpha value is -2.18. The monoisotopic (exact) mass is 316 g/mol. The van der Waals surface area contributed by atoms with Crippen molar-refractivity contribution in [3.63, 3.8) is 0 Å². The average molecular weight is 316 g/mol. The molecule has 1 aromatic carbocycles. The summed E-state index contributed by atoms with van der Waals surface area (Å²) in [5, 5.41) is 3.54. The van der Waals surface area contributed by atoms with Crippen LogP contribution in [-0.2, 0) is 4.74 Å². The van der Waals surface area contributed by atoms with E-state index in [1.54, 1.807) is 12.1 Å². The molecule has 1 saturated heterocycles. The Morgan fingerprint density at radius 2 is 2.04 bits per heavy atom. The SMILES string of the molecule is Cc1ccc2oc(=O)c(C(=O)NCCN3CCOCC3)cc2c1. The summed E-state index contributed by atoms with van der Waals surface area (Å²) in [5.41, 5.74) is 0.978. The molecule has 3 rings (SSSR count). The van der Waals surface area contributed by atoms with E-state index in [9.17, 15) is 9.59 Å². The van der Waals surface area contributed by atoms with Crippen LogP contribution in [0.15, 0.2) is 33.5 Å². The fourth-order valence-electron chi connectivity index (χ4n) is 2.65. The number of ether oxygens (including phenoxy) is 1. The lowest BCUT2D eigenvalue weighted by Gasteiger charge is -2.26. The molecule has 1 amide bonds. The van der Waals surface area contributed by atoms with Gasteiger partial charge in [-0.25, -0.2) is 4.79 Å². The van der Waals surface area contributed by atoms with Gasteiger partial charge in [0.25, 0.3) is 5.91 Å². The zero-order chi connectivity index (χ0) is 16.2. The van der Waals surface area contributed by atoms with Crippen molar-refractivity contribution in [3.05, 3.63) is 45.8 Å². The van der Waals surface area contributed by atoms with Gasteiger partial charge in [0.1, 0.15) is 11.1 Å². The molecule has 6 heteroatoms. The lowest BCUT2D eigenvalue weighted by atomic mass is 10.1. The van der Waals surface area contributed by atoms with E-state index in [1.165, 1.54) is 0 Å². The number of hydrogen-bond acceptors (Lipinski definition) is 5. The lowest BCUT2D eigenvalue weighted by molar-refractivity contribution is 0.0383. The number of aryl methyl sites for hydroxylation is 1. The molecular formula is C17H20N2O4. The third-order valence-corrected chi connectivity index (χ3v) is 3.95. The summed E-state index contributed by atoms with van der Waals surface area (Å²) in [6.45, 7) is 6.37. The van der Waals surface area contributed by atoms with E-state index in [-0.39, 0.29) is 5.56 Å². The standard InChI is InChI=1S/C17H20N2O4/c1-12-2-3-15-13(10-12)11-14(17(21)23-15)16(20)18-4-5-19-6-8-22-9-7-19/h2-3,10-11H,4-9H2,1H3,(H,18,20). The molecule has 2 aromatic rings. The minimum atomic E-state index is -0.606. The Balaban J connectivity index is 1.67. The van der Waals surface area contributed by atoms with E-state index < -0.39 is 11.5 Å². The maximum atomic E-state index is 12.2. The number of carbonyl (C=O) groups excluding carboxylic acids is 1. The van der Waals surface area contributed by atoms with Gasteiger partial charge in [0.15, 0.2) is 0 Å². The summed E-state index contributed by atoms with van der Waals surface area (Å²) in [7, 11) is 0. The first-order valence-electron chi connectivity index (χ1n) is 7.76. The van der Waals surface area contributed by atoms with Crippen molar-refractivity contribution in [2.45, 2.75) is 6.92 Å². The number of benzene rings is 1. The highest BCUT2D eigenvalue weighted by molar-refractivity contribution is 5.96. The second-order valence-corrected chi connectivity index (χ2v) is 5.70. The topological polar surface area (TPSA) is 71.8 Å². The molecule has 0 atom stereocenters. The number of morpholine rings is 1. The molecule has 1 aliphatic heterocycles. The Labute approximate surface area is 134 Å². The first-order chi connectivity index (χ1) is 11.1. The number of carbonyl (C=O) groups is 1. The molecule has 1 aliphatic rings. The van der Waals surface area contributed by atoms with Crippen molar-refractivity contribution in [1.29, 1.82) is 0 Å². The normalized spacial score (nSPS) is 15.7. The van der Waals surface area contributed by atoms with Crippen molar-refractivity contribution < 1.29 is 13.9 Å². The smallest absolute Gasteiger partial charge is 0.349 e. The van der Waals surface area contributed by atoms with Gasteiger partial charge >= 0.3 is 5.63 Å². The summed E-state index contributed by atoms with van der Waals surface area (Å²) < 4.78 is 10.5. The van der Waals surface area contributed by atoms with Crippen LogP contribution in [0.2, 0.25) is 0 Å². The van der Waals surface area contributed by atoms with Crippen molar-refractivity contribution in [1.82, 2.24) is 10.2 Å². The Morgan fingerprint density at radius 3 is 2.83 bits per heavy atom. The van der Waals surface area contributed by atoms with Gasteiger partial charge in [0.05, 0.1) is 13.2 Å². The number of fused-ring (bicyclic) bond motifs is 1. The molecule has 0 unspecified atom stereocenters. The second kappa shape index (κ2) is 6.93. The molecule has 6 nitrogen and oxygen atoms in total. The molecule has 0 aliphatic carbocycles. The first-order valence-corrected chi connectivity index (χ1v) is 7.76. The van der Waals surface area contributed by atoms with Crippen LogP contribution in [0.4, 0.5) is 0 Å². The maximum absolute atomic E-state index is 12.2. The third-order valence-electron chi connectivity index (χ3n) is 3.95. The van der Waals surface area contributed by atoms with Gasteiger partial charge in [-0.1, -0.05) is 11.6 Å². The van der Waals surface area contributed by atoms with Gasteiger partial charge in [0.2, 0.25) is 0 Å². The van der Waals surface area contributed by atoms with Gasteiger partial charge in [-0.05, 0) is 25.1 Å². The number of amides is 1. The zero-order valence-electron chi connectivity index (χ0n) is 13.1. The van der Waals surface area contributed by atoms with E-state index in [2.05, 4.69) is 10.2 Å². The number of nitrogens with one attached hydrogen (secondary N) is 1. The van der Waals surface area contributed by atoms with Crippen LogP contribution >= 0.6 is 0 Å². The Kier molecular flexibility index (Phi) is 4.73. The van der Waals surface area contributed by atoms with E-state index in [0.29, 0.717) is 12.1 Å². The molecule has 0 bridgehead atoms. The van der Waals surface area contributed by atoms with Gasteiger partial charge in [-0.15, -0.1) is 0 Å². The molecule has 1 fully saturated rings. The quantitative estimate of drug-likeness (QED) is 0.857. The zero-order valence-corrected chi connectivity index (χ0v) is 13.1. The minimum Gasteiger partial charge on any atom is -0.422 e. The van der Waals surface area contributed by atoms with Crippen LogP contribution in [0.25, 0.3) is 11.0 Å². The third kappa shape index (κ3) is 3.78. The summed E-state index contributed by atoms with van der Waals surface area (Å²) >= 11 is 0. The summed E-state index contributed by atoms with van der Waals surface area (Å²) in [6, 6.07) is 7.10. The fraction of sp³-hybridized carbons (Fsp3) is 0.412. The van der Waals surface area contributed by atoms with E-state index in [0.717, 1.165) is 43.8 Å². The van der Waals surface area contributed by atoms with Crippen LogP contribution in [0.5, 0.6) is 0 Å². The van der Waals surface area contributed by atoms with Crippen molar-refractivity contribution in [2.24, 2.45) is 0 Å². The Morgan fingerprint density at radius 1 is 1.26 bits per heavy atom. The van der Waals surface area contributed by atoms with E-state index in [1.807, 2.05) is 19.1 Å². The first kappa shape index (κ1) is 15.7. The van der Waals surface area contributed by atoms with Crippen LogP contribution in [0.1, 0.15) is 15.9 Å². The minimum absolute atomic E-state index is 0.0464. The predicted molar refractivity (Wildman–Crippen MR) is 86.8 cm³/mol. The van der Waals surface area contributed by atoms with Crippen molar-refractivity contribution in [3.8, 4) is 0 Å². The van der Waals surface area contributed by atoms with E-state index >= 15 is 0 Å². The number of rotatable bonds is 4. The largest absolute Gasteiger partial charge is 0.422 e. The van der Waals surface area contributed by atoms with Gasteiger partial charge in [0, 0.05) is 31.6 Å². The van der Waals surface area contributed by atoms with Gasteiger partial charge in [-0.2, -0.15) is 0 Å². The molecule has 0 radical (unpaired) electrons. The summed E-state index contributed by atoms with van der Waals surface area (Å²) in [6.07, 6.45) is 0. The number of hydrogen-bond donors (Lipinski definition) is 1. The molecule has 0 saturated carbocycles.